The minimum Gasteiger partial charge on any atom is -0.494 e. The summed E-state index contributed by atoms with van der Waals surface area (Å²) < 4.78 is 18.4. The molecular formula is C15H13FN4O. The summed E-state index contributed by atoms with van der Waals surface area (Å²) >= 11 is 0. The first-order valence-electron chi connectivity index (χ1n) is 6.30. The highest BCUT2D eigenvalue weighted by Crippen LogP contribution is 2.27. The van der Waals surface area contributed by atoms with Crippen LogP contribution in [0.1, 0.15) is 0 Å². The molecular weight excluding hydrogens is 271 g/mol. The number of fused-ring (bicyclic) bond motifs is 1. The summed E-state index contributed by atoms with van der Waals surface area (Å²) in [5.41, 5.74) is 7.10. The minimum absolute atomic E-state index is 0.159. The van der Waals surface area contributed by atoms with Gasteiger partial charge in [-0.2, -0.15) is 4.98 Å². The van der Waals surface area contributed by atoms with Gasteiger partial charge in [0.25, 0.3) is 0 Å². The number of nitrogens with two attached hydrogens (primary N) is 1. The Kier molecular flexibility index (Phi) is 3.27. The van der Waals surface area contributed by atoms with Crippen LogP contribution in [0.25, 0.3) is 10.9 Å². The van der Waals surface area contributed by atoms with E-state index in [9.17, 15) is 4.39 Å². The van der Waals surface area contributed by atoms with Crippen molar-refractivity contribution in [3.8, 4) is 5.75 Å². The van der Waals surface area contributed by atoms with Gasteiger partial charge in [0.2, 0.25) is 5.95 Å². The second-order valence-electron chi connectivity index (χ2n) is 4.42. The van der Waals surface area contributed by atoms with Crippen LogP contribution in [-0.2, 0) is 0 Å². The molecule has 1 heterocycles. The lowest BCUT2D eigenvalue weighted by Crippen LogP contribution is -2.01. The Morgan fingerprint density at radius 3 is 2.76 bits per heavy atom. The van der Waals surface area contributed by atoms with E-state index >= 15 is 0 Å². The third kappa shape index (κ3) is 2.55. The number of nitrogen functional groups attached to an aromatic ring is 1. The lowest BCUT2D eigenvalue weighted by atomic mass is 10.2. The number of hydrogen-bond donors (Lipinski definition) is 2. The smallest absolute Gasteiger partial charge is 0.222 e. The number of hydrogen-bond acceptors (Lipinski definition) is 5. The van der Waals surface area contributed by atoms with Crippen LogP contribution in [0.15, 0.2) is 42.5 Å². The maximum atomic E-state index is 13.4. The van der Waals surface area contributed by atoms with Gasteiger partial charge in [0.05, 0.1) is 12.6 Å². The molecule has 106 valence electrons. The van der Waals surface area contributed by atoms with Crippen molar-refractivity contribution >= 4 is 28.4 Å². The summed E-state index contributed by atoms with van der Waals surface area (Å²) in [5, 5.41) is 3.94. The molecule has 3 aromatic rings. The molecule has 2 aromatic carbocycles. The molecule has 0 amide bonds. The minimum atomic E-state index is -0.421. The second kappa shape index (κ2) is 5.24. The first-order chi connectivity index (χ1) is 10.2. The summed E-state index contributed by atoms with van der Waals surface area (Å²) in [7, 11) is 1.42. The molecule has 3 rings (SSSR count). The highest BCUT2D eigenvalue weighted by Gasteiger charge is 2.08. The molecule has 0 atom stereocenters. The van der Waals surface area contributed by atoms with Crippen molar-refractivity contribution in [1.82, 2.24) is 9.97 Å². The highest BCUT2D eigenvalue weighted by atomic mass is 19.1. The Labute approximate surface area is 120 Å². The van der Waals surface area contributed by atoms with Crippen LogP contribution in [0.3, 0.4) is 0 Å². The van der Waals surface area contributed by atoms with E-state index in [4.69, 9.17) is 10.5 Å². The van der Waals surface area contributed by atoms with Gasteiger partial charge in [0.1, 0.15) is 5.82 Å². The van der Waals surface area contributed by atoms with Crippen LogP contribution in [0.4, 0.5) is 21.8 Å². The third-order valence-corrected chi connectivity index (χ3v) is 3.03. The fourth-order valence-corrected chi connectivity index (χ4v) is 2.06. The fourth-order valence-electron chi connectivity index (χ4n) is 2.06. The standard InChI is InChI=1S/C15H13FN4O/c1-21-13-8-9(6-7-11(13)16)18-14-10-4-2-3-5-12(10)19-15(17)20-14/h2-8H,1H3,(H3,17,18,19,20). The van der Waals surface area contributed by atoms with Gasteiger partial charge in [-0.25, -0.2) is 9.37 Å². The number of aromatic nitrogens is 2. The molecule has 0 saturated carbocycles. The van der Waals surface area contributed by atoms with E-state index in [2.05, 4.69) is 15.3 Å². The number of benzene rings is 2. The van der Waals surface area contributed by atoms with Crippen LogP contribution < -0.4 is 15.8 Å². The zero-order valence-corrected chi connectivity index (χ0v) is 11.3. The molecule has 3 N–H and O–H groups in total. The summed E-state index contributed by atoms with van der Waals surface area (Å²) in [5.74, 6) is 0.471. The molecule has 0 aliphatic rings. The predicted octanol–water partition coefficient (Wildman–Crippen LogP) is 3.10. The molecule has 21 heavy (non-hydrogen) atoms. The zero-order valence-electron chi connectivity index (χ0n) is 11.3. The van der Waals surface area contributed by atoms with E-state index in [-0.39, 0.29) is 11.7 Å². The molecule has 0 spiro atoms. The fraction of sp³-hybridized carbons (Fsp3) is 0.0667. The molecule has 1 aromatic heterocycles. The van der Waals surface area contributed by atoms with E-state index in [0.717, 1.165) is 10.9 Å². The van der Waals surface area contributed by atoms with Gasteiger partial charge in [-0.15, -0.1) is 0 Å². The molecule has 5 nitrogen and oxygen atoms in total. The number of para-hydroxylation sites is 1. The van der Waals surface area contributed by atoms with Crippen LogP contribution >= 0.6 is 0 Å². The Bertz CT molecular complexity index is 807. The van der Waals surface area contributed by atoms with Gasteiger partial charge in [-0.3, -0.25) is 0 Å². The predicted molar refractivity (Wildman–Crippen MR) is 80.2 cm³/mol. The Hall–Kier alpha value is -2.89. The number of halogens is 1. The van der Waals surface area contributed by atoms with Gasteiger partial charge in [0, 0.05) is 17.1 Å². The Morgan fingerprint density at radius 2 is 1.95 bits per heavy atom. The van der Waals surface area contributed by atoms with E-state index in [1.807, 2.05) is 24.3 Å². The molecule has 0 unspecified atom stereocenters. The molecule has 0 aliphatic heterocycles. The van der Waals surface area contributed by atoms with Crippen LogP contribution in [-0.4, -0.2) is 17.1 Å². The molecule has 0 aliphatic carbocycles. The van der Waals surface area contributed by atoms with Crippen LogP contribution in [0, 0.1) is 5.82 Å². The van der Waals surface area contributed by atoms with Gasteiger partial charge in [-0.1, -0.05) is 12.1 Å². The lowest BCUT2D eigenvalue weighted by molar-refractivity contribution is 0.387. The molecule has 0 radical (unpaired) electrons. The summed E-state index contributed by atoms with van der Waals surface area (Å²) in [4.78, 5) is 8.36. The van der Waals surface area contributed by atoms with E-state index < -0.39 is 5.82 Å². The van der Waals surface area contributed by atoms with Crippen LogP contribution in [0.5, 0.6) is 5.75 Å². The third-order valence-electron chi connectivity index (χ3n) is 3.03. The topological polar surface area (TPSA) is 73.1 Å². The van der Waals surface area contributed by atoms with Crippen molar-refractivity contribution in [1.29, 1.82) is 0 Å². The molecule has 0 saturated heterocycles. The van der Waals surface area contributed by atoms with E-state index in [1.165, 1.54) is 13.2 Å². The van der Waals surface area contributed by atoms with Crippen molar-refractivity contribution in [2.75, 3.05) is 18.2 Å². The normalized spacial score (nSPS) is 10.6. The zero-order chi connectivity index (χ0) is 14.8. The lowest BCUT2D eigenvalue weighted by Gasteiger charge is -2.10. The van der Waals surface area contributed by atoms with Crippen molar-refractivity contribution in [2.45, 2.75) is 0 Å². The number of anilines is 3. The summed E-state index contributed by atoms with van der Waals surface area (Å²) in [6.07, 6.45) is 0. The first-order valence-corrected chi connectivity index (χ1v) is 6.30. The maximum Gasteiger partial charge on any atom is 0.222 e. The van der Waals surface area contributed by atoms with Crippen LogP contribution in [0.2, 0.25) is 0 Å². The molecule has 0 bridgehead atoms. The number of nitrogens with one attached hydrogen (secondary N) is 1. The average Bonchev–Trinajstić information content (AvgIpc) is 2.49. The number of ether oxygens (including phenoxy) is 1. The van der Waals surface area contributed by atoms with Crippen molar-refractivity contribution in [2.24, 2.45) is 0 Å². The van der Waals surface area contributed by atoms with Crippen molar-refractivity contribution in [3.05, 3.63) is 48.3 Å². The maximum absolute atomic E-state index is 13.4. The van der Waals surface area contributed by atoms with Crippen molar-refractivity contribution < 1.29 is 9.13 Å². The summed E-state index contributed by atoms with van der Waals surface area (Å²) in [6, 6.07) is 12.0. The quantitative estimate of drug-likeness (QED) is 0.773. The largest absolute Gasteiger partial charge is 0.494 e. The van der Waals surface area contributed by atoms with Gasteiger partial charge >= 0.3 is 0 Å². The Balaban J connectivity index is 2.05. The average molecular weight is 284 g/mol. The number of rotatable bonds is 3. The SMILES string of the molecule is COc1cc(Nc2nc(N)nc3ccccc23)ccc1F. The number of methoxy groups -OCH3 is 1. The number of nitrogens with zero attached hydrogens (tertiary/aromatic N) is 2. The highest BCUT2D eigenvalue weighted by molar-refractivity contribution is 5.91. The monoisotopic (exact) mass is 284 g/mol. The van der Waals surface area contributed by atoms with E-state index in [0.29, 0.717) is 11.5 Å². The summed E-state index contributed by atoms with van der Waals surface area (Å²) in [6.45, 7) is 0. The van der Waals surface area contributed by atoms with Gasteiger partial charge in [0.15, 0.2) is 11.6 Å². The van der Waals surface area contributed by atoms with Crippen molar-refractivity contribution in [3.63, 3.8) is 0 Å². The molecule has 0 fully saturated rings. The second-order valence-corrected chi connectivity index (χ2v) is 4.42. The van der Waals surface area contributed by atoms with E-state index in [1.54, 1.807) is 12.1 Å². The van der Waals surface area contributed by atoms with Gasteiger partial charge in [-0.05, 0) is 24.3 Å². The molecule has 6 heteroatoms. The first kappa shape index (κ1) is 13.1. The Morgan fingerprint density at radius 1 is 1.14 bits per heavy atom. The van der Waals surface area contributed by atoms with Gasteiger partial charge < -0.3 is 15.8 Å².